The molecule has 296 valence electrons. The van der Waals surface area contributed by atoms with Gasteiger partial charge in [0.25, 0.3) is 0 Å². The van der Waals surface area contributed by atoms with E-state index in [1.165, 1.54) is 0 Å². The fraction of sp³-hybridized carbons (Fsp3) is 0.558. The number of allylic oxidation sites excluding steroid dienone is 2. The van der Waals surface area contributed by atoms with Crippen LogP contribution in [-0.2, 0) is 11.2 Å². The maximum absolute atomic E-state index is 12.2. The van der Waals surface area contributed by atoms with Crippen molar-refractivity contribution in [2.45, 2.75) is 132 Å². The van der Waals surface area contributed by atoms with Gasteiger partial charge in [-0.3, -0.25) is 4.79 Å². The van der Waals surface area contributed by atoms with Crippen molar-refractivity contribution in [2.75, 3.05) is 13.2 Å². The van der Waals surface area contributed by atoms with Gasteiger partial charge < -0.3 is 51.3 Å². The monoisotopic (exact) mass is 749 g/mol. The van der Waals surface area contributed by atoms with Crippen LogP contribution in [0, 0.1) is 17.8 Å². The number of aliphatic carboxylic acids is 1. The number of aromatic hydroxyl groups is 1. The lowest BCUT2D eigenvalue weighted by Gasteiger charge is -2.40. The average Bonchev–Trinajstić information content (AvgIpc) is 3.15. The van der Waals surface area contributed by atoms with Crippen molar-refractivity contribution in [3.8, 4) is 17.6 Å². The lowest BCUT2D eigenvalue weighted by molar-refractivity contribution is -0.138. The third-order valence-corrected chi connectivity index (χ3v) is 10.9. The molecular weight excluding hydrogens is 690 g/mol. The van der Waals surface area contributed by atoms with Crippen molar-refractivity contribution in [3.05, 3.63) is 88.5 Å². The SMILES string of the molecule is CCCCC(O)C(O)C=CC1=C(CC(O)CO)C2NCC(C)(O)C(c3ccc(O)cc3)C#CC(CC2CC(O)C(O)CCC(=O)O)c2ccccc2CC1. The van der Waals surface area contributed by atoms with Crippen molar-refractivity contribution in [1.82, 2.24) is 5.32 Å². The largest absolute Gasteiger partial charge is 0.508 e. The standard InChI is InChI=1S/C43H59NO10/c1-3-4-9-37(48)38(49)19-15-28-11-10-27-7-5-6-8-34(27)30-14-18-36(29-12-16-32(46)17-13-29)43(2,54)26-44-42(35(28)24-33(47)25-45)31(22-30)23-40(51)39(50)20-21-41(52)53/h5-8,12-13,15-17,19,30-31,33,36-40,42,44-51,54H,3-4,9-11,20-26H2,1-2H3,(H,52,53). The van der Waals surface area contributed by atoms with Gasteiger partial charge in [0.05, 0.1) is 48.6 Å². The molecule has 11 heteroatoms. The first kappa shape index (κ1) is 43.2. The molecule has 0 radical (unpaired) electrons. The van der Waals surface area contributed by atoms with Gasteiger partial charge >= 0.3 is 5.97 Å². The van der Waals surface area contributed by atoms with E-state index in [2.05, 4.69) is 17.2 Å². The number of benzene rings is 2. The van der Waals surface area contributed by atoms with Crippen LogP contribution in [0.25, 0.3) is 0 Å². The summed E-state index contributed by atoms with van der Waals surface area (Å²) in [5.74, 6) is 4.22. The van der Waals surface area contributed by atoms with Crippen LogP contribution in [-0.4, -0.2) is 107 Å². The molecule has 10 unspecified atom stereocenters. The van der Waals surface area contributed by atoms with Gasteiger partial charge in [-0.2, -0.15) is 0 Å². The second kappa shape index (κ2) is 20.4. The van der Waals surface area contributed by atoms with E-state index >= 15 is 0 Å². The molecule has 11 nitrogen and oxygen atoms in total. The first-order chi connectivity index (χ1) is 25.7. The summed E-state index contributed by atoms with van der Waals surface area (Å²) < 4.78 is 0. The predicted octanol–water partition coefficient (Wildman–Crippen LogP) is 3.42. The summed E-state index contributed by atoms with van der Waals surface area (Å²) in [7, 11) is 0. The summed E-state index contributed by atoms with van der Waals surface area (Å²) in [4.78, 5) is 11.3. The van der Waals surface area contributed by atoms with Gasteiger partial charge in [-0.15, -0.1) is 0 Å². The van der Waals surface area contributed by atoms with Crippen molar-refractivity contribution in [2.24, 2.45) is 5.92 Å². The molecule has 0 spiro atoms. The Hall–Kier alpha value is -3.57. The number of nitrogens with one attached hydrogen (secondary N) is 1. The van der Waals surface area contributed by atoms with E-state index in [1.54, 1.807) is 43.3 Å². The number of phenols is 1. The number of hydrogen-bond donors (Lipinski definition) is 10. The zero-order chi connectivity index (χ0) is 39.4. The van der Waals surface area contributed by atoms with Crippen molar-refractivity contribution >= 4 is 5.97 Å². The van der Waals surface area contributed by atoms with Gasteiger partial charge in [-0.1, -0.05) is 80.2 Å². The van der Waals surface area contributed by atoms with E-state index in [1.807, 2.05) is 31.2 Å². The highest BCUT2D eigenvalue weighted by atomic mass is 16.4. The quantitative estimate of drug-likeness (QED) is 0.112. The summed E-state index contributed by atoms with van der Waals surface area (Å²) >= 11 is 0. The van der Waals surface area contributed by atoms with Gasteiger partial charge in [0.1, 0.15) is 5.75 Å². The molecular formula is C43H59NO10. The fourth-order valence-electron chi connectivity index (χ4n) is 7.73. The molecule has 1 heterocycles. The second-order valence-electron chi connectivity index (χ2n) is 15.2. The number of unbranched alkanes of at least 4 members (excludes halogenated alkanes) is 1. The van der Waals surface area contributed by atoms with E-state index in [9.17, 15) is 50.8 Å². The van der Waals surface area contributed by atoms with Crippen LogP contribution in [0.3, 0.4) is 0 Å². The number of carboxylic acid groups (broad SMARTS) is 1. The molecule has 0 aromatic heterocycles. The minimum Gasteiger partial charge on any atom is -0.508 e. The Morgan fingerprint density at radius 1 is 0.981 bits per heavy atom. The molecule has 2 aromatic rings. The molecule has 10 N–H and O–H groups in total. The molecule has 10 atom stereocenters. The normalized spacial score (nSPS) is 26.2. The van der Waals surface area contributed by atoms with Crippen LogP contribution in [0.5, 0.6) is 5.75 Å². The number of hydrogen-bond acceptors (Lipinski definition) is 10. The number of carbonyl (C=O) groups is 1. The molecule has 2 aromatic carbocycles. The molecule has 0 saturated heterocycles. The smallest absolute Gasteiger partial charge is 0.303 e. The number of fused-ring (bicyclic) bond motifs is 5. The molecule has 0 saturated carbocycles. The summed E-state index contributed by atoms with van der Waals surface area (Å²) in [6, 6.07) is 13.8. The fourth-order valence-corrected chi connectivity index (χ4v) is 7.73. The van der Waals surface area contributed by atoms with Crippen LogP contribution in [0.15, 0.2) is 71.8 Å². The second-order valence-corrected chi connectivity index (χ2v) is 15.2. The Kier molecular flexibility index (Phi) is 16.3. The van der Waals surface area contributed by atoms with Gasteiger partial charge in [0, 0.05) is 24.9 Å². The van der Waals surface area contributed by atoms with E-state index in [4.69, 9.17) is 0 Å². The van der Waals surface area contributed by atoms with Crippen LogP contribution in [0.1, 0.15) is 100 Å². The van der Waals surface area contributed by atoms with E-state index in [-0.39, 0.29) is 38.0 Å². The Bertz CT molecular complexity index is 1630. The zero-order valence-corrected chi connectivity index (χ0v) is 31.4. The molecule has 2 aliphatic rings. The molecule has 0 amide bonds. The van der Waals surface area contributed by atoms with Crippen LogP contribution < -0.4 is 5.32 Å². The number of aliphatic hydroxyl groups excluding tert-OH is 6. The molecule has 54 heavy (non-hydrogen) atoms. The Morgan fingerprint density at radius 3 is 2.39 bits per heavy atom. The number of rotatable bonds is 16. The predicted molar refractivity (Wildman–Crippen MR) is 206 cm³/mol. The van der Waals surface area contributed by atoms with Gasteiger partial charge in [-0.05, 0) is 97.8 Å². The zero-order valence-electron chi connectivity index (χ0n) is 31.4. The van der Waals surface area contributed by atoms with Crippen LogP contribution >= 0.6 is 0 Å². The number of aliphatic hydroxyl groups is 7. The Morgan fingerprint density at radius 2 is 1.70 bits per heavy atom. The van der Waals surface area contributed by atoms with Gasteiger partial charge in [-0.25, -0.2) is 0 Å². The average molecular weight is 750 g/mol. The van der Waals surface area contributed by atoms with Crippen molar-refractivity contribution < 1.29 is 50.8 Å². The highest BCUT2D eigenvalue weighted by Gasteiger charge is 2.39. The molecule has 2 bridgehead atoms. The van der Waals surface area contributed by atoms with Crippen molar-refractivity contribution in [3.63, 3.8) is 0 Å². The lowest BCUT2D eigenvalue weighted by Crippen LogP contribution is -2.51. The maximum Gasteiger partial charge on any atom is 0.303 e. The highest BCUT2D eigenvalue weighted by Crippen LogP contribution is 2.40. The van der Waals surface area contributed by atoms with Gasteiger partial charge in [0.2, 0.25) is 0 Å². The molecule has 0 fully saturated rings. The van der Waals surface area contributed by atoms with Crippen LogP contribution in [0.4, 0.5) is 0 Å². The highest BCUT2D eigenvalue weighted by molar-refractivity contribution is 5.66. The Labute approximate surface area is 318 Å². The molecule has 4 rings (SSSR count). The minimum atomic E-state index is -1.49. The van der Waals surface area contributed by atoms with Crippen LogP contribution in [0.2, 0.25) is 0 Å². The molecule has 1 aliphatic heterocycles. The summed E-state index contributed by atoms with van der Waals surface area (Å²) in [6.07, 6.45) is 0.222. The number of aryl methyl sites for hydroxylation is 1. The molecule has 1 aliphatic carbocycles. The third-order valence-electron chi connectivity index (χ3n) is 10.9. The summed E-state index contributed by atoms with van der Waals surface area (Å²) in [6.45, 7) is 3.12. The van der Waals surface area contributed by atoms with Crippen molar-refractivity contribution in [1.29, 1.82) is 0 Å². The lowest BCUT2D eigenvalue weighted by atomic mass is 9.73. The van der Waals surface area contributed by atoms with E-state index < -0.39 is 72.5 Å². The summed E-state index contributed by atoms with van der Waals surface area (Å²) in [5.41, 5.74) is 2.57. The van der Waals surface area contributed by atoms with E-state index in [0.717, 1.165) is 29.5 Å². The maximum atomic E-state index is 12.2. The number of β-amino-alcohol motifs (C(OH)–C–C–N with tert-alkyl or cyclic N) is 1. The number of phenolic OH excluding ortho intramolecular Hbond substituents is 1. The Balaban J connectivity index is 1.96. The van der Waals surface area contributed by atoms with E-state index in [0.29, 0.717) is 36.8 Å². The van der Waals surface area contributed by atoms with Gasteiger partial charge in [0.15, 0.2) is 0 Å². The topological polar surface area (TPSA) is 211 Å². The summed E-state index contributed by atoms with van der Waals surface area (Å²) in [5, 5.41) is 100. The first-order valence-electron chi connectivity index (χ1n) is 19.2. The first-order valence-corrected chi connectivity index (χ1v) is 19.2. The minimum absolute atomic E-state index is 0.00197. The number of carboxylic acids is 1. The third kappa shape index (κ3) is 12.0.